The summed E-state index contributed by atoms with van der Waals surface area (Å²) in [5.74, 6) is -1.24. The van der Waals surface area contributed by atoms with Crippen molar-refractivity contribution in [3.8, 4) is 11.1 Å². The molecule has 2 aromatic rings. The molecule has 2 N–H and O–H groups in total. The maximum Gasteiger partial charge on any atom is 0.407 e. The van der Waals surface area contributed by atoms with Crippen LogP contribution < -0.4 is 5.32 Å². The minimum atomic E-state index is -0.857. The number of benzene rings is 2. The predicted molar refractivity (Wildman–Crippen MR) is 131 cm³/mol. The molecule has 1 saturated heterocycles. The van der Waals surface area contributed by atoms with Gasteiger partial charge in [-0.1, -0.05) is 61.9 Å². The van der Waals surface area contributed by atoms with Gasteiger partial charge in [0.05, 0.1) is 11.3 Å². The molecule has 7 heteroatoms. The zero-order valence-electron chi connectivity index (χ0n) is 20.0. The second-order valence-electron chi connectivity index (χ2n) is 10.1. The van der Waals surface area contributed by atoms with Gasteiger partial charge in [-0.15, -0.1) is 0 Å². The predicted octanol–water partition coefficient (Wildman–Crippen LogP) is 4.41. The van der Waals surface area contributed by atoms with E-state index < -0.39 is 17.5 Å². The molecule has 3 unspecified atom stereocenters. The van der Waals surface area contributed by atoms with Crippen molar-refractivity contribution in [2.45, 2.75) is 51.0 Å². The van der Waals surface area contributed by atoms with Crippen molar-refractivity contribution >= 4 is 18.0 Å². The third-order valence-corrected chi connectivity index (χ3v) is 8.28. The highest BCUT2D eigenvalue weighted by Gasteiger charge is 2.47. The van der Waals surface area contributed by atoms with Crippen LogP contribution in [0.15, 0.2) is 48.5 Å². The SMILES string of the molecule is CCC1(C(=O)O)CCN(C(=O)C2CCCC2NC(=O)OCC2c3ccccc3-c3ccccc32)C1. The molecular formula is C28H32N2O5. The molecule has 0 aromatic heterocycles. The minimum absolute atomic E-state index is 0.0167. The smallest absolute Gasteiger partial charge is 0.407 e. The number of ether oxygens (including phenoxy) is 1. The maximum absolute atomic E-state index is 13.2. The summed E-state index contributed by atoms with van der Waals surface area (Å²) < 4.78 is 5.68. The van der Waals surface area contributed by atoms with Crippen molar-refractivity contribution in [2.24, 2.45) is 11.3 Å². The Morgan fingerprint density at radius 3 is 2.31 bits per heavy atom. The Morgan fingerprint density at radius 2 is 1.71 bits per heavy atom. The normalized spacial score (nSPS) is 25.2. The number of alkyl carbamates (subject to hydrolysis) is 1. The molecule has 3 aliphatic rings. The molecule has 1 heterocycles. The number of nitrogens with zero attached hydrogens (tertiary/aromatic N) is 1. The largest absolute Gasteiger partial charge is 0.481 e. The lowest BCUT2D eigenvalue weighted by Gasteiger charge is -2.27. The van der Waals surface area contributed by atoms with Crippen LogP contribution in [0.25, 0.3) is 11.1 Å². The third-order valence-electron chi connectivity index (χ3n) is 8.28. The van der Waals surface area contributed by atoms with Crippen molar-refractivity contribution in [3.05, 3.63) is 59.7 Å². The Morgan fingerprint density at radius 1 is 1.06 bits per heavy atom. The fraction of sp³-hybridized carbons (Fsp3) is 0.464. The summed E-state index contributed by atoms with van der Waals surface area (Å²) in [5, 5.41) is 12.6. The number of carboxylic acid groups (broad SMARTS) is 1. The summed E-state index contributed by atoms with van der Waals surface area (Å²) >= 11 is 0. The first-order chi connectivity index (χ1) is 16.9. The van der Waals surface area contributed by atoms with Gasteiger partial charge in [0.1, 0.15) is 6.61 Å². The molecule has 3 atom stereocenters. The fourth-order valence-corrected chi connectivity index (χ4v) is 6.13. The zero-order chi connectivity index (χ0) is 24.6. The number of carbonyl (C=O) groups is 3. The van der Waals surface area contributed by atoms with Crippen LogP contribution in [0.5, 0.6) is 0 Å². The molecule has 0 radical (unpaired) electrons. The minimum Gasteiger partial charge on any atom is -0.481 e. The van der Waals surface area contributed by atoms with Gasteiger partial charge >= 0.3 is 12.1 Å². The van der Waals surface area contributed by atoms with Crippen LogP contribution in [0, 0.1) is 11.3 Å². The Kier molecular flexibility index (Phi) is 6.26. The molecule has 1 aliphatic heterocycles. The van der Waals surface area contributed by atoms with Gasteiger partial charge in [0, 0.05) is 25.0 Å². The van der Waals surface area contributed by atoms with Crippen LogP contribution in [-0.2, 0) is 14.3 Å². The van der Waals surface area contributed by atoms with E-state index >= 15 is 0 Å². The van der Waals surface area contributed by atoms with E-state index in [0.717, 1.165) is 17.5 Å². The summed E-state index contributed by atoms with van der Waals surface area (Å²) in [6.45, 7) is 2.78. The quantitative estimate of drug-likeness (QED) is 0.644. The van der Waals surface area contributed by atoms with Crippen molar-refractivity contribution in [1.82, 2.24) is 10.2 Å². The van der Waals surface area contributed by atoms with E-state index in [-0.39, 0.29) is 36.9 Å². The standard InChI is InChI=1S/C28H32N2O5/c1-2-28(26(32)33)14-15-30(17-28)25(31)22-12-7-13-24(22)29-27(34)35-16-23-20-10-5-3-8-18(20)19-9-4-6-11-21(19)23/h3-6,8-11,22-24H,2,7,12-17H2,1H3,(H,29,34)(H,32,33). The van der Waals surface area contributed by atoms with E-state index in [4.69, 9.17) is 4.74 Å². The van der Waals surface area contributed by atoms with Gasteiger partial charge in [-0.2, -0.15) is 0 Å². The topological polar surface area (TPSA) is 95.9 Å². The number of aliphatic carboxylic acids is 1. The first kappa shape index (κ1) is 23.4. The molecule has 2 amide bonds. The van der Waals surface area contributed by atoms with Crippen LogP contribution in [0.2, 0.25) is 0 Å². The van der Waals surface area contributed by atoms with E-state index in [0.29, 0.717) is 32.2 Å². The van der Waals surface area contributed by atoms with Gasteiger partial charge < -0.3 is 20.1 Å². The monoisotopic (exact) mass is 476 g/mol. The van der Waals surface area contributed by atoms with E-state index in [2.05, 4.69) is 29.6 Å². The lowest BCUT2D eigenvalue weighted by molar-refractivity contribution is -0.149. The van der Waals surface area contributed by atoms with Gasteiger partial charge in [0.2, 0.25) is 5.91 Å². The second kappa shape index (κ2) is 9.36. The molecule has 2 aromatic carbocycles. The molecule has 0 spiro atoms. The fourth-order valence-electron chi connectivity index (χ4n) is 6.13. The third kappa shape index (κ3) is 4.17. The average Bonchev–Trinajstić information content (AvgIpc) is 3.59. The lowest BCUT2D eigenvalue weighted by atomic mass is 9.84. The first-order valence-corrected chi connectivity index (χ1v) is 12.6. The summed E-state index contributed by atoms with van der Waals surface area (Å²) in [5.41, 5.74) is 3.80. The highest BCUT2D eigenvalue weighted by atomic mass is 16.5. The van der Waals surface area contributed by atoms with Crippen LogP contribution in [0.4, 0.5) is 4.79 Å². The number of rotatable bonds is 6. The number of likely N-dealkylation sites (tertiary alicyclic amines) is 1. The molecule has 0 bridgehead atoms. The number of carboxylic acids is 1. The maximum atomic E-state index is 13.2. The van der Waals surface area contributed by atoms with Crippen LogP contribution in [0.1, 0.15) is 56.1 Å². The molecule has 2 fully saturated rings. The van der Waals surface area contributed by atoms with Crippen LogP contribution in [-0.4, -0.2) is 53.7 Å². The van der Waals surface area contributed by atoms with Crippen molar-refractivity contribution in [1.29, 1.82) is 0 Å². The first-order valence-electron chi connectivity index (χ1n) is 12.6. The summed E-state index contributed by atoms with van der Waals surface area (Å²) in [7, 11) is 0. The molecular weight excluding hydrogens is 444 g/mol. The van der Waals surface area contributed by atoms with Crippen molar-refractivity contribution in [3.63, 3.8) is 0 Å². The molecule has 7 nitrogen and oxygen atoms in total. The van der Waals surface area contributed by atoms with E-state index in [1.807, 2.05) is 31.2 Å². The molecule has 35 heavy (non-hydrogen) atoms. The lowest BCUT2D eigenvalue weighted by Crippen LogP contribution is -2.46. The molecule has 1 saturated carbocycles. The van der Waals surface area contributed by atoms with E-state index in [1.54, 1.807) is 4.90 Å². The van der Waals surface area contributed by atoms with Gasteiger partial charge in [-0.25, -0.2) is 4.79 Å². The number of carbonyl (C=O) groups excluding carboxylic acids is 2. The molecule has 2 aliphatic carbocycles. The van der Waals surface area contributed by atoms with Crippen LogP contribution >= 0.6 is 0 Å². The van der Waals surface area contributed by atoms with E-state index in [1.165, 1.54) is 11.1 Å². The Hall–Kier alpha value is -3.35. The van der Waals surface area contributed by atoms with E-state index in [9.17, 15) is 19.5 Å². The number of nitrogens with one attached hydrogen (secondary N) is 1. The van der Waals surface area contributed by atoms with Gasteiger partial charge in [0.25, 0.3) is 0 Å². The van der Waals surface area contributed by atoms with Crippen molar-refractivity contribution < 1.29 is 24.2 Å². The Bertz CT molecular complexity index is 1100. The number of hydrogen-bond acceptors (Lipinski definition) is 4. The number of amides is 2. The number of hydrogen-bond donors (Lipinski definition) is 2. The highest BCUT2D eigenvalue weighted by molar-refractivity contribution is 5.84. The summed E-state index contributed by atoms with van der Waals surface area (Å²) in [6.07, 6.45) is 2.71. The Labute approximate surface area is 205 Å². The molecule has 5 rings (SSSR count). The Balaban J connectivity index is 1.21. The average molecular weight is 477 g/mol. The van der Waals surface area contributed by atoms with Crippen LogP contribution in [0.3, 0.4) is 0 Å². The van der Waals surface area contributed by atoms with Gasteiger partial charge in [-0.3, -0.25) is 9.59 Å². The van der Waals surface area contributed by atoms with Gasteiger partial charge in [-0.05, 0) is 47.9 Å². The van der Waals surface area contributed by atoms with Crippen molar-refractivity contribution in [2.75, 3.05) is 19.7 Å². The number of fused-ring (bicyclic) bond motifs is 3. The zero-order valence-corrected chi connectivity index (χ0v) is 20.0. The summed E-state index contributed by atoms with van der Waals surface area (Å²) in [6, 6.07) is 16.1. The second-order valence-corrected chi connectivity index (χ2v) is 10.1. The highest BCUT2D eigenvalue weighted by Crippen LogP contribution is 2.44. The van der Waals surface area contributed by atoms with Gasteiger partial charge in [0.15, 0.2) is 0 Å². The summed E-state index contributed by atoms with van der Waals surface area (Å²) in [4.78, 5) is 39.5. The molecule has 184 valence electrons.